The molecule has 104 valence electrons. The number of carbonyl (C=O) groups is 2. The number of nitrogens with one attached hydrogen (secondary N) is 2. The highest BCUT2D eigenvalue weighted by Crippen LogP contribution is 2.08. The van der Waals surface area contributed by atoms with Crippen molar-refractivity contribution in [3.05, 3.63) is 0 Å². The Morgan fingerprint density at radius 3 is 2.61 bits per heavy atom. The van der Waals surface area contributed by atoms with Gasteiger partial charge in [-0.05, 0) is 19.3 Å². The lowest BCUT2D eigenvalue weighted by Gasteiger charge is -2.28. The van der Waals surface area contributed by atoms with Crippen molar-refractivity contribution in [2.45, 2.75) is 38.7 Å². The van der Waals surface area contributed by atoms with Gasteiger partial charge in [0, 0.05) is 19.6 Å². The van der Waals surface area contributed by atoms with E-state index in [1.165, 1.54) is 0 Å². The molecule has 0 unspecified atom stereocenters. The fraction of sp³-hybridized carbons (Fsp3) is 0.833. The summed E-state index contributed by atoms with van der Waals surface area (Å²) >= 11 is 0. The molecule has 3 amide bonds. The van der Waals surface area contributed by atoms with E-state index in [0.29, 0.717) is 32.5 Å². The topological polar surface area (TPSA) is 81.7 Å². The summed E-state index contributed by atoms with van der Waals surface area (Å²) in [5.74, 6) is -0.291. The van der Waals surface area contributed by atoms with Crippen molar-refractivity contribution in [2.75, 3.05) is 26.2 Å². The van der Waals surface area contributed by atoms with Crippen molar-refractivity contribution in [3.63, 3.8) is 0 Å². The molecular formula is C12H23N3O3. The van der Waals surface area contributed by atoms with E-state index in [1.807, 2.05) is 11.8 Å². The molecule has 0 aliphatic carbocycles. The molecule has 0 bridgehead atoms. The van der Waals surface area contributed by atoms with Gasteiger partial charge < -0.3 is 10.4 Å². The zero-order chi connectivity index (χ0) is 13.4. The zero-order valence-electron chi connectivity index (χ0n) is 10.9. The largest absolute Gasteiger partial charge is 0.393 e. The fourth-order valence-corrected chi connectivity index (χ4v) is 1.87. The van der Waals surface area contributed by atoms with E-state index in [0.717, 1.165) is 12.8 Å². The van der Waals surface area contributed by atoms with Crippen LogP contribution in [0.4, 0.5) is 4.79 Å². The molecule has 0 aromatic heterocycles. The van der Waals surface area contributed by atoms with Crippen molar-refractivity contribution < 1.29 is 14.7 Å². The number of hydrogen-bond acceptors (Lipinski definition) is 4. The lowest BCUT2D eigenvalue weighted by molar-refractivity contribution is -0.121. The maximum absolute atomic E-state index is 11.6. The Kier molecular flexibility index (Phi) is 6.67. The summed E-state index contributed by atoms with van der Waals surface area (Å²) in [6, 6.07) is -0.425. The number of amides is 3. The summed E-state index contributed by atoms with van der Waals surface area (Å²) < 4.78 is 0. The molecule has 6 nitrogen and oxygen atoms in total. The molecule has 1 rings (SSSR count). The number of urea groups is 1. The van der Waals surface area contributed by atoms with Gasteiger partial charge in [0.1, 0.15) is 0 Å². The third-order valence-electron chi connectivity index (χ3n) is 2.99. The first-order chi connectivity index (χ1) is 8.61. The van der Waals surface area contributed by atoms with Crippen LogP contribution in [0.15, 0.2) is 0 Å². The van der Waals surface area contributed by atoms with Gasteiger partial charge in [0.2, 0.25) is 5.91 Å². The first-order valence-electron chi connectivity index (χ1n) is 6.60. The molecular weight excluding hydrogens is 234 g/mol. The Bertz CT molecular complexity index is 276. The molecule has 0 radical (unpaired) electrons. The van der Waals surface area contributed by atoms with Gasteiger partial charge in [0.05, 0.1) is 12.6 Å². The van der Waals surface area contributed by atoms with Gasteiger partial charge in [-0.2, -0.15) is 0 Å². The zero-order valence-corrected chi connectivity index (χ0v) is 10.9. The maximum Gasteiger partial charge on any atom is 0.321 e. The van der Waals surface area contributed by atoms with Crippen LogP contribution in [-0.4, -0.2) is 54.2 Å². The minimum absolute atomic E-state index is 0.216. The summed E-state index contributed by atoms with van der Waals surface area (Å²) in [5, 5.41) is 14.3. The number of rotatable bonds is 5. The Morgan fingerprint density at radius 1 is 1.33 bits per heavy atom. The first kappa shape index (κ1) is 14.9. The Hall–Kier alpha value is -1.14. The van der Waals surface area contributed by atoms with Crippen LogP contribution in [-0.2, 0) is 4.79 Å². The highest BCUT2D eigenvalue weighted by molar-refractivity contribution is 5.95. The molecule has 1 aliphatic rings. The average Bonchev–Trinajstić information content (AvgIpc) is 2.32. The van der Waals surface area contributed by atoms with Gasteiger partial charge in [-0.15, -0.1) is 0 Å². The van der Waals surface area contributed by atoms with E-state index >= 15 is 0 Å². The number of carbonyl (C=O) groups excluding carboxylic acids is 2. The maximum atomic E-state index is 11.6. The number of imide groups is 1. The quantitative estimate of drug-likeness (QED) is 0.609. The van der Waals surface area contributed by atoms with Crippen molar-refractivity contribution in [1.29, 1.82) is 0 Å². The van der Waals surface area contributed by atoms with Crippen LogP contribution >= 0.6 is 0 Å². The second-order valence-corrected chi connectivity index (χ2v) is 4.66. The average molecular weight is 257 g/mol. The van der Waals surface area contributed by atoms with E-state index < -0.39 is 6.03 Å². The molecule has 0 aromatic carbocycles. The fourth-order valence-electron chi connectivity index (χ4n) is 1.87. The summed E-state index contributed by atoms with van der Waals surface area (Å²) in [5.41, 5.74) is 0. The minimum atomic E-state index is -0.425. The summed E-state index contributed by atoms with van der Waals surface area (Å²) in [7, 11) is 0. The number of likely N-dealkylation sites (tertiary alicyclic amines) is 1. The molecule has 0 saturated carbocycles. The Labute approximate surface area is 108 Å². The van der Waals surface area contributed by atoms with Crippen LogP contribution in [0.2, 0.25) is 0 Å². The SMILES string of the molecule is CCCCNC(=O)NC(=O)CN1CCC(O)CC1. The molecule has 6 heteroatoms. The van der Waals surface area contributed by atoms with E-state index in [-0.39, 0.29) is 18.6 Å². The molecule has 0 aromatic rings. The van der Waals surface area contributed by atoms with Crippen molar-refractivity contribution >= 4 is 11.9 Å². The van der Waals surface area contributed by atoms with Gasteiger partial charge in [-0.3, -0.25) is 15.0 Å². The monoisotopic (exact) mass is 257 g/mol. The number of aliphatic hydroxyl groups is 1. The lowest BCUT2D eigenvalue weighted by atomic mass is 10.1. The summed E-state index contributed by atoms with van der Waals surface area (Å²) in [6.07, 6.45) is 3.05. The molecule has 1 saturated heterocycles. The van der Waals surface area contributed by atoms with Crippen LogP contribution in [0.5, 0.6) is 0 Å². The van der Waals surface area contributed by atoms with E-state index in [1.54, 1.807) is 0 Å². The van der Waals surface area contributed by atoms with E-state index in [4.69, 9.17) is 0 Å². The molecule has 3 N–H and O–H groups in total. The molecule has 0 atom stereocenters. The van der Waals surface area contributed by atoms with Crippen LogP contribution in [0.25, 0.3) is 0 Å². The predicted octanol–water partition coefficient (Wildman–Crippen LogP) is 0.0690. The number of nitrogens with zero attached hydrogens (tertiary/aromatic N) is 1. The number of unbranched alkanes of at least 4 members (excludes halogenated alkanes) is 1. The molecule has 18 heavy (non-hydrogen) atoms. The van der Waals surface area contributed by atoms with Crippen LogP contribution < -0.4 is 10.6 Å². The first-order valence-corrected chi connectivity index (χ1v) is 6.60. The van der Waals surface area contributed by atoms with Crippen LogP contribution in [0, 0.1) is 0 Å². The highest BCUT2D eigenvalue weighted by atomic mass is 16.3. The van der Waals surface area contributed by atoms with Crippen molar-refractivity contribution in [1.82, 2.24) is 15.5 Å². The molecule has 0 spiro atoms. The van der Waals surface area contributed by atoms with Crippen LogP contribution in [0.1, 0.15) is 32.6 Å². The van der Waals surface area contributed by atoms with E-state index in [2.05, 4.69) is 10.6 Å². The standard InChI is InChI=1S/C12H23N3O3/c1-2-3-6-13-12(18)14-11(17)9-15-7-4-10(16)5-8-15/h10,16H,2-9H2,1H3,(H2,13,14,17,18). The Morgan fingerprint density at radius 2 is 2.00 bits per heavy atom. The number of piperidine rings is 1. The normalized spacial score (nSPS) is 17.4. The summed E-state index contributed by atoms with van der Waals surface area (Å²) in [6.45, 7) is 4.24. The van der Waals surface area contributed by atoms with Crippen molar-refractivity contribution in [2.24, 2.45) is 0 Å². The van der Waals surface area contributed by atoms with Crippen molar-refractivity contribution in [3.8, 4) is 0 Å². The van der Waals surface area contributed by atoms with E-state index in [9.17, 15) is 14.7 Å². The Balaban J connectivity index is 2.14. The summed E-state index contributed by atoms with van der Waals surface area (Å²) in [4.78, 5) is 24.8. The molecule has 1 aliphatic heterocycles. The second kappa shape index (κ2) is 8.05. The number of hydrogen-bond donors (Lipinski definition) is 3. The minimum Gasteiger partial charge on any atom is -0.393 e. The van der Waals surface area contributed by atoms with Gasteiger partial charge in [0.15, 0.2) is 0 Å². The third-order valence-corrected chi connectivity index (χ3v) is 2.99. The number of aliphatic hydroxyl groups excluding tert-OH is 1. The van der Waals surface area contributed by atoms with Gasteiger partial charge in [-0.25, -0.2) is 4.79 Å². The van der Waals surface area contributed by atoms with Gasteiger partial charge in [-0.1, -0.05) is 13.3 Å². The predicted molar refractivity (Wildman–Crippen MR) is 68.1 cm³/mol. The van der Waals surface area contributed by atoms with Gasteiger partial charge >= 0.3 is 6.03 Å². The van der Waals surface area contributed by atoms with Crippen LogP contribution in [0.3, 0.4) is 0 Å². The highest BCUT2D eigenvalue weighted by Gasteiger charge is 2.19. The second-order valence-electron chi connectivity index (χ2n) is 4.66. The molecule has 1 fully saturated rings. The van der Waals surface area contributed by atoms with Gasteiger partial charge in [0.25, 0.3) is 0 Å². The smallest absolute Gasteiger partial charge is 0.321 e. The lowest BCUT2D eigenvalue weighted by Crippen LogP contribution is -2.46. The molecule has 1 heterocycles. The third kappa shape index (κ3) is 5.97.